The van der Waals surface area contributed by atoms with E-state index in [9.17, 15) is 0 Å². The molecule has 0 aromatic carbocycles. The van der Waals surface area contributed by atoms with Gasteiger partial charge in [0, 0.05) is 37.8 Å². The lowest BCUT2D eigenvalue weighted by atomic mass is 9.94. The van der Waals surface area contributed by atoms with Crippen LogP contribution in [-0.4, -0.2) is 49.3 Å². The fourth-order valence-corrected chi connectivity index (χ4v) is 3.51. The van der Waals surface area contributed by atoms with Gasteiger partial charge < -0.3 is 10.1 Å². The van der Waals surface area contributed by atoms with Crippen LogP contribution in [0.3, 0.4) is 0 Å². The number of ether oxygens (including phenoxy) is 1. The summed E-state index contributed by atoms with van der Waals surface area (Å²) in [6, 6.07) is 2.09. The molecule has 2 heterocycles. The zero-order valence-corrected chi connectivity index (χ0v) is 12.3. The summed E-state index contributed by atoms with van der Waals surface area (Å²) in [5.41, 5.74) is 0. The van der Waals surface area contributed by atoms with Crippen molar-refractivity contribution in [3.8, 4) is 0 Å². The van der Waals surface area contributed by atoms with Crippen molar-refractivity contribution in [2.24, 2.45) is 5.92 Å². The van der Waals surface area contributed by atoms with E-state index in [1.807, 2.05) is 0 Å². The van der Waals surface area contributed by atoms with E-state index < -0.39 is 0 Å². The average Bonchev–Trinajstić information content (AvgIpc) is 2.92. The lowest BCUT2D eigenvalue weighted by Gasteiger charge is -2.45. The van der Waals surface area contributed by atoms with Gasteiger partial charge in [0.1, 0.15) is 0 Å². The molecule has 0 bridgehead atoms. The van der Waals surface area contributed by atoms with E-state index in [0.717, 1.165) is 19.1 Å². The number of piperazine rings is 1. The average molecular weight is 254 g/mol. The zero-order valence-electron chi connectivity index (χ0n) is 12.3. The Kier molecular flexibility index (Phi) is 5.46. The summed E-state index contributed by atoms with van der Waals surface area (Å²) in [5, 5.41) is 3.72. The van der Waals surface area contributed by atoms with Gasteiger partial charge in [-0.15, -0.1) is 0 Å². The van der Waals surface area contributed by atoms with Crippen molar-refractivity contribution in [1.82, 2.24) is 10.2 Å². The molecule has 0 amide bonds. The summed E-state index contributed by atoms with van der Waals surface area (Å²) in [7, 11) is 0. The molecule has 0 radical (unpaired) electrons. The summed E-state index contributed by atoms with van der Waals surface area (Å²) in [4.78, 5) is 2.76. The lowest BCUT2D eigenvalue weighted by Crippen LogP contribution is -2.60. The largest absolute Gasteiger partial charge is 0.381 e. The van der Waals surface area contributed by atoms with Gasteiger partial charge in [-0.3, -0.25) is 4.90 Å². The number of hydrogen-bond donors (Lipinski definition) is 1. The third-order valence-corrected chi connectivity index (χ3v) is 4.82. The van der Waals surface area contributed by atoms with Crippen LogP contribution < -0.4 is 5.32 Å². The van der Waals surface area contributed by atoms with Crippen LogP contribution >= 0.6 is 0 Å². The first kappa shape index (κ1) is 14.3. The molecule has 2 fully saturated rings. The van der Waals surface area contributed by atoms with Gasteiger partial charge in [-0.25, -0.2) is 0 Å². The molecule has 1 N–H and O–H groups in total. The Morgan fingerprint density at radius 1 is 1.39 bits per heavy atom. The molecule has 4 unspecified atom stereocenters. The molecule has 0 saturated carbocycles. The normalized spacial score (nSPS) is 35.8. The van der Waals surface area contributed by atoms with Crippen molar-refractivity contribution >= 4 is 0 Å². The number of hydrogen-bond acceptors (Lipinski definition) is 3. The Hall–Kier alpha value is -0.120. The highest BCUT2D eigenvalue weighted by Crippen LogP contribution is 2.25. The van der Waals surface area contributed by atoms with E-state index in [1.54, 1.807) is 0 Å². The molecule has 2 saturated heterocycles. The Morgan fingerprint density at radius 3 is 2.83 bits per heavy atom. The molecular formula is C15H30N2O. The Morgan fingerprint density at radius 2 is 2.22 bits per heavy atom. The van der Waals surface area contributed by atoms with Gasteiger partial charge in [-0.1, -0.05) is 20.3 Å². The first-order valence-corrected chi connectivity index (χ1v) is 7.83. The Bertz CT molecular complexity index is 241. The van der Waals surface area contributed by atoms with Crippen LogP contribution in [0.1, 0.15) is 46.5 Å². The van der Waals surface area contributed by atoms with E-state index in [2.05, 4.69) is 31.0 Å². The van der Waals surface area contributed by atoms with E-state index in [0.29, 0.717) is 18.1 Å². The van der Waals surface area contributed by atoms with Crippen molar-refractivity contribution in [3.05, 3.63) is 0 Å². The minimum atomic E-state index is 0.680. The van der Waals surface area contributed by atoms with Gasteiger partial charge >= 0.3 is 0 Å². The molecule has 2 aliphatic heterocycles. The van der Waals surface area contributed by atoms with E-state index in [1.165, 1.54) is 38.8 Å². The van der Waals surface area contributed by atoms with E-state index >= 15 is 0 Å². The highest BCUT2D eigenvalue weighted by Gasteiger charge is 2.34. The number of nitrogens with one attached hydrogen (secondary N) is 1. The van der Waals surface area contributed by atoms with Gasteiger partial charge in [0.2, 0.25) is 0 Å². The second-order valence-corrected chi connectivity index (χ2v) is 6.02. The van der Waals surface area contributed by atoms with Gasteiger partial charge in [-0.2, -0.15) is 0 Å². The van der Waals surface area contributed by atoms with Crippen molar-refractivity contribution in [2.75, 3.05) is 26.3 Å². The first-order chi connectivity index (χ1) is 8.76. The van der Waals surface area contributed by atoms with Crippen molar-refractivity contribution in [1.29, 1.82) is 0 Å². The molecule has 2 rings (SSSR count). The summed E-state index contributed by atoms with van der Waals surface area (Å²) in [6.07, 6.45) is 5.09. The third kappa shape index (κ3) is 3.25. The van der Waals surface area contributed by atoms with Crippen LogP contribution in [0.2, 0.25) is 0 Å². The smallest absolute Gasteiger partial charge is 0.0509 e. The van der Waals surface area contributed by atoms with Crippen LogP contribution in [-0.2, 0) is 4.74 Å². The highest BCUT2D eigenvalue weighted by atomic mass is 16.5. The van der Waals surface area contributed by atoms with E-state index in [4.69, 9.17) is 4.74 Å². The molecule has 0 aromatic rings. The quantitative estimate of drug-likeness (QED) is 0.814. The van der Waals surface area contributed by atoms with Crippen molar-refractivity contribution < 1.29 is 4.74 Å². The summed E-state index contributed by atoms with van der Waals surface area (Å²) in [5.74, 6) is 0.749. The van der Waals surface area contributed by atoms with Crippen LogP contribution in [0.4, 0.5) is 0 Å². The molecule has 3 nitrogen and oxygen atoms in total. The van der Waals surface area contributed by atoms with Crippen LogP contribution in [0, 0.1) is 5.92 Å². The zero-order chi connectivity index (χ0) is 13.0. The van der Waals surface area contributed by atoms with Gasteiger partial charge in [0.05, 0.1) is 6.61 Å². The maximum absolute atomic E-state index is 5.57. The molecular weight excluding hydrogens is 224 g/mol. The molecule has 106 valence electrons. The Labute approximate surface area is 112 Å². The molecule has 18 heavy (non-hydrogen) atoms. The number of nitrogens with zero attached hydrogens (tertiary/aromatic N) is 1. The van der Waals surface area contributed by atoms with Gasteiger partial charge in [0.25, 0.3) is 0 Å². The maximum Gasteiger partial charge on any atom is 0.0509 e. The molecule has 0 spiro atoms. The minimum Gasteiger partial charge on any atom is -0.381 e. The minimum absolute atomic E-state index is 0.680. The summed E-state index contributed by atoms with van der Waals surface area (Å²) >= 11 is 0. The lowest BCUT2D eigenvalue weighted by molar-refractivity contribution is 0.0507. The van der Waals surface area contributed by atoms with Crippen molar-refractivity contribution in [2.45, 2.75) is 64.6 Å². The second kappa shape index (κ2) is 6.88. The maximum atomic E-state index is 5.57. The molecule has 4 atom stereocenters. The van der Waals surface area contributed by atoms with Crippen molar-refractivity contribution in [3.63, 3.8) is 0 Å². The van der Waals surface area contributed by atoms with E-state index in [-0.39, 0.29) is 0 Å². The molecule has 0 aromatic heterocycles. The summed E-state index contributed by atoms with van der Waals surface area (Å²) < 4.78 is 5.57. The highest BCUT2D eigenvalue weighted by molar-refractivity contribution is 4.90. The first-order valence-electron chi connectivity index (χ1n) is 7.83. The summed E-state index contributed by atoms with van der Waals surface area (Å²) in [6.45, 7) is 11.3. The predicted octanol–water partition coefficient (Wildman–Crippen LogP) is 2.26. The SMILES string of the molecule is CCCC1CN(C(C)C2CCOC2)C(CC)CN1. The molecule has 2 aliphatic rings. The van der Waals surface area contributed by atoms with Crippen LogP contribution in [0.25, 0.3) is 0 Å². The standard InChI is InChI=1S/C15H30N2O/c1-4-6-14-10-17(15(5-2)9-16-14)12(3)13-7-8-18-11-13/h12-16H,4-11H2,1-3H3. The Balaban J connectivity index is 1.95. The van der Waals surface area contributed by atoms with Crippen LogP contribution in [0.15, 0.2) is 0 Å². The van der Waals surface area contributed by atoms with Crippen LogP contribution in [0.5, 0.6) is 0 Å². The van der Waals surface area contributed by atoms with Gasteiger partial charge in [0.15, 0.2) is 0 Å². The predicted molar refractivity (Wildman–Crippen MR) is 75.9 cm³/mol. The van der Waals surface area contributed by atoms with Gasteiger partial charge in [-0.05, 0) is 32.1 Å². The fourth-order valence-electron chi connectivity index (χ4n) is 3.51. The monoisotopic (exact) mass is 254 g/mol. The molecule has 3 heteroatoms. The third-order valence-electron chi connectivity index (χ3n) is 4.82. The topological polar surface area (TPSA) is 24.5 Å². The fraction of sp³-hybridized carbons (Fsp3) is 1.00. The number of rotatable bonds is 5. The molecule has 0 aliphatic carbocycles. The second-order valence-electron chi connectivity index (χ2n) is 6.02.